The first-order valence-electron chi connectivity index (χ1n) is 5.82. The molecule has 4 heteroatoms. The molecule has 2 rings (SSSR count). The van der Waals surface area contributed by atoms with E-state index in [9.17, 15) is 9.50 Å². The maximum absolute atomic E-state index is 13.3. The zero-order valence-electron chi connectivity index (χ0n) is 9.75. The highest BCUT2D eigenvalue weighted by molar-refractivity contribution is 9.10. The lowest BCUT2D eigenvalue weighted by Gasteiger charge is -2.28. The van der Waals surface area contributed by atoms with Gasteiger partial charge in [0.05, 0.1) is 17.7 Å². The van der Waals surface area contributed by atoms with E-state index in [-0.39, 0.29) is 5.82 Å². The Labute approximate surface area is 109 Å². The first-order chi connectivity index (χ1) is 8.11. The molecule has 1 saturated carbocycles. The van der Waals surface area contributed by atoms with Gasteiger partial charge in [0.15, 0.2) is 0 Å². The lowest BCUT2D eigenvalue weighted by atomic mass is 9.80. The van der Waals surface area contributed by atoms with Gasteiger partial charge < -0.3 is 9.84 Å². The minimum Gasteiger partial charge on any atom is -0.496 e. The molecule has 0 spiro atoms. The van der Waals surface area contributed by atoms with Gasteiger partial charge in [-0.15, -0.1) is 0 Å². The van der Waals surface area contributed by atoms with E-state index >= 15 is 0 Å². The van der Waals surface area contributed by atoms with Gasteiger partial charge in [0.25, 0.3) is 0 Å². The van der Waals surface area contributed by atoms with E-state index in [1.807, 2.05) is 0 Å². The van der Waals surface area contributed by atoms with Gasteiger partial charge in [0.1, 0.15) is 11.6 Å². The topological polar surface area (TPSA) is 29.5 Å². The summed E-state index contributed by atoms with van der Waals surface area (Å²) in [5.41, 5.74) is 0.660. The normalized spacial score (nSPS) is 17.6. The second-order valence-corrected chi connectivity index (χ2v) is 5.41. The summed E-state index contributed by atoms with van der Waals surface area (Å²) in [6.07, 6.45) is 3.77. The highest BCUT2D eigenvalue weighted by atomic mass is 79.9. The third kappa shape index (κ3) is 2.80. The van der Waals surface area contributed by atoms with Crippen molar-refractivity contribution in [3.63, 3.8) is 0 Å². The zero-order valence-corrected chi connectivity index (χ0v) is 11.3. The van der Waals surface area contributed by atoms with E-state index in [4.69, 9.17) is 4.74 Å². The molecule has 0 saturated heterocycles. The number of benzene rings is 1. The molecule has 94 valence electrons. The number of halogens is 2. The van der Waals surface area contributed by atoms with Gasteiger partial charge in [-0.05, 0) is 34.3 Å². The van der Waals surface area contributed by atoms with Gasteiger partial charge in [0, 0.05) is 11.6 Å². The molecule has 1 N–H and O–H groups in total. The summed E-state index contributed by atoms with van der Waals surface area (Å²) in [6.45, 7) is 0. The van der Waals surface area contributed by atoms with E-state index in [1.54, 1.807) is 6.07 Å². The van der Waals surface area contributed by atoms with Crippen LogP contribution in [0.1, 0.15) is 37.4 Å². The van der Waals surface area contributed by atoms with Crippen LogP contribution in [-0.4, -0.2) is 12.2 Å². The van der Waals surface area contributed by atoms with Crippen LogP contribution >= 0.6 is 15.9 Å². The van der Waals surface area contributed by atoms with Crippen LogP contribution in [0.25, 0.3) is 0 Å². The number of hydrogen-bond donors (Lipinski definition) is 1. The quantitative estimate of drug-likeness (QED) is 0.916. The minimum absolute atomic E-state index is 0.362. The molecular weight excluding hydrogens is 287 g/mol. The predicted molar refractivity (Wildman–Crippen MR) is 67.6 cm³/mol. The average molecular weight is 303 g/mol. The Balaban J connectivity index is 2.19. The summed E-state index contributed by atoms with van der Waals surface area (Å²) >= 11 is 3.13. The minimum atomic E-state index is -0.577. The average Bonchev–Trinajstić information content (AvgIpc) is 2.26. The Kier molecular flexibility index (Phi) is 4.05. The third-order valence-electron chi connectivity index (χ3n) is 3.41. The molecule has 0 bridgehead atoms. The van der Waals surface area contributed by atoms with Crippen molar-refractivity contribution >= 4 is 15.9 Å². The maximum atomic E-state index is 13.3. The molecule has 0 radical (unpaired) electrons. The van der Waals surface area contributed by atoms with Crippen LogP contribution < -0.4 is 4.74 Å². The van der Waals surface area contributed by atoms with E-state index in [2.05, 4.69) is 15.9 Å². The molecule has 0 heterocycles. The van der Waals surface area contributed by atoms with Crippen molar-refractivity contribution in [1.29, 1.82) is 0 Å². The molecule has 0 aliphatic heterocycles. The summed E-state index contributed by atoms with van der Waals surface area (Å²) in [6, 6.07) is 2.92. The van der Waals surface area contributed by atoms with Crippen molar-refractivity contribution in [2.24, 2.45) is 5.92 Å². The summed E-state index contributed by atoms with van der Waals surface area (Å²) in [5, 5.41) is 10.2. The van der Waals surface area contributed by atoms with Crippen molar-refractivity contribution in [2.45, 2.75) is 31.8 Å². The van der Waals surface area contributed by atoms with Crippen molar-refractivity contribution in [3.8, 4) is 5.75 Å². The summed E-state index contributed by atoms with van der Waals surface area (Å²) < 4.78 is 18.8. The Bertz CT molecular complexity index is 405. The highest BCUT2D eigenvalue weighted by Gasteiger charge is 2.24. The molecule has 1 aromatic carbocycles. The smallest absolute Gasteiger partial charge is 0.141 e. The fourth-order valence-electron chi connectivity index (χ4n) is 2.15. The Hall–Kier alpha value is -0.610. The Morgan fingerprint density at radius 1 is 1.53 bits per heavy atom. The SMILES string of the molecule is COc1cc(F)c(Br)cc1C(O)CC1CCC1. The molecular formula is C13H16BrFO2. The van der Waals surface area contributed by atoms with Crippen LogP contribution in [0.5, 0.6) is 5.75 Å². The Morgan fingerprint density at radius 3 is 2.76 bits per heavy atom. The number of aliphatic hydroxyl groups is 1. The van der Waals surface area contributed by atoms with Gasteiger partial charge >= 0.3 is 0 Å². The predicted octanol–water partition coefficient (Wildman–Crippen LogP) is 3.82. The van der Waals surface area contributed by atoms with Crippen LogP contribution in [0.2, 0.25) is 0 Å². The first-order valence-corrected chi connectivity index (χ1v) is 6.62. The number of hydrogen-bond acceptors (Lipinski definition) is 2. The monoisotopic (exact) mass is 302 g/mol. The standard InChI is InChI=1S/C13H16BrFO2/c1-17-13-7-11(15)10(14)6-9(13)12(16)5-8-3-2-4-8/h6-8,12,16H,2-5H2,1H3. The van der Waals surface area contributed by atoms with E-state index in [0.29, 0.717) is 21.7 Å². The molecule has 0 amide bonds. The van der Waals surface area contributed by atoms with Crippen molar-refractivity contribution < 1.29 is 14.2 Å². The lowest BCUT2D eigenvalue weighted by Crippen LogP contribution is -2.15. The number of aliphatic hydroxyl groups excluding tert-OH is 1. The van der Waals surface area contributed by atoms with E-state index < -0.39 is 6.10 Å². The molecule has 1 atom stereocenters. The molecule has 0 aromatic heterocycles. The van der Waals surface area contributed by atoms with Crippen LogP contribution in [0, 0.1) is 11.7 Å². The van der Waals surface area contributed by atoms with Crippen molar-refractivity contribution in [3.05, 3.63) is 28.0 Å². The van der Waals surface area contributed by atoms with Crippen LogP contribution in [0.4, 0.5) is 4.39 Å². The van der Waals surface area contributed by atoms with E-state index in [0.717, 1.165) is 6.42 Å². The summed E-state index contributed by atoms with van der Waals surface area (Å²) in [7, 11) is 1.49. The first kappa shape index (κ1) is 12.8. The van der Waals surface area contributed by atoms with Gasteiger partial charge in [-0.3, -0.25) is 0 Å². The third-order valence-corrected chi connectivity index (χ3v) is 4.02. The highest BCUT2D eigenvalue weighted by Crippen LogP contribution is 2.38. The van der Waals surface area contributed by atoms with E-state index in [1.165, 1.54) is 32.4 Å². The van der Waals surface area contributed by atoms with Gasteiger partial charge in [-0.2, -0.15) is 0 Å². The summed E-state index contributed by atoms with van der Waals surface area (Å²) in [4.78, 5) is 0. The number of rotatable bonds is 4. The van der Waals surface area contributed by atoms with Crippen LogP contribution in [0.3, 0.4) is 0 Å². The molecule has 1 fully saturated rings. The van der Waals surface area contributed by atoms with Crippen LogP contribution in [0.15, 0.2) is 16.6 Å². The fourth-order valence-corrected chi connectivity index (χ4v) is 2.51. The van der Waals surface area contributed by atoms with Crippen molar-refractivity contribution in [2.75, 3.05) is 7.11 Å². The van der Waals surface area contributed by atoms with Gasteiger partial charge in [-0.1, -0.05) is 19.3 Å². The molecule has 1 aliphatic carbocycles. The lowest BCUT2D eigenvalue weighted by molar-refractivity contribution is 0.116. The molecule has 2 nitrogen and oxygen atoms in total. The second-order valence-electron chi connectivity index (χ2n) is 4.56. The van der Waals surface area contributed by atoms with Crippen molar-refractivity contribution in [1.82, 2.24) is 0 Å². The second kappa shape index (κ2) is 5.36. The fraction of sp³-hybridized carbons (Fsp3) is 0.538. The Morgan fingerprint density at radius 2 is 2.24 bits per heavy atom. The zero-order chi connectivity index (χ0) is 12.4. The number of methoxy groups -OCH3 is 1. The van der Waals surface area contributed by atoms with Gasteiger partial charge in [-0.25, -0.2) is 4.39 Å². The molecule has 1 unspecified atom stereocenters. The maximum Gasteiger partial charge on any atom is 0.141 e. The molecule has 1 aromatic rings. The summed E-state index contributed by atoms with van der Waals surface area (Å²) in [5.74, 6) is 0.637. The van der Waals surface area contributed by atoms with Crippen LogP contribution in [-0.2, 0) is 0 Å². The molecule has 1 aliphatic rings. The molecule has 17 heavy (non-hydrogen) atoms. The number of ether oxygens (including phenoxy) is 1. The largest absolute Gasteiger partial charge is 0.496 e. The van der Waals surface area contributed by atoms with Gasteiger partial charge in [0.2, 0.25) is 0 Å².